The fourth-order valence-electron chi connectivity index (χ4n) is 7.90. The van der Waals surface area contributed by atoms with E-state index in [9.17, 15) is 5.11 Å². The molecule has 0 aromatic heterocycles. The predicted octanol–water partition coefficient (Wildman–Crippen LogP) is 7.17. The third kappa shape index (κ3) is 2.76. The normalized spacial score (nSPS) is 41.7. The lowest BCUT2D eigenvalue weighted by molar-refractivity contribution is -0.0655. The van der Waals surface area contributed by atoms with Gasteiger partial charge in [0.05, 0.1) is 5.60 Å². The molecule has 1 saturated carbocycles. The fourth-order valence-corrected chi connectivity index (χ4v) is 7.90. The molecule has 4 aliphatic carbocycles. The van der Waals surface area contributed by atoms with Crippen LogP contribution in [0.1, 0.15) is 84.6 Å². The van der Waals surface area contributed by atoms with Crippen molar-refractivity contribution in [3.63, 3.8) is 0 Å². The maximum atomic E-state index is 11.6. The third-order valence-electron chi connectivity index (χ3n) is 9.68. The lowest BCUT2D eigenvalue weighted by atomic mass is 9.50. The second-order valence-electron chi connectivity index (χ2n) is 11.3. The van der Waals surface area contributed by atoms with Crippen molar-refractivity contribution < 1.29 is 5.11 Å². The van der Waals surface area contributed by atoms with E-state index in [0.717, 1.165) is 36.7 Å². The van der Waals surface area contributed by atoms with Crippen LogP contribution in [0.2, 0.25) is 0 Å². The average Bonchev–Trinajstić information content (AvgIpc) is 3.07. The molecule has 5 atom stereocenters. The molecule has 0 heterocycles. The van der Waals surface area contributed by atoms with Crippen molar-refractivity contribution >= 4 is 0 Å². The van der Waals surface area contributed by atoms with Gasteiger partial charge in [-0.1, -0.05) is 69.7 Å². The molecule has 1 unspecified atom stereocenters. The van der Waals surface area contributed by atoms with E-state index in [4.69, 9.17) is 0 Å². The van der Waals surface area contributed by atoms with Crippen LogP contribution in [0.3, 0.4) is 0 Å². The first kappa shape index (κ1) is 19.6. The fraction of sp³-hybridized carbons (Fsp3) is 0.643. The molecule has 1 aromatic rings. The summed E-state index contributed by atoms with van der Waals surface area (Å²) in [5.74, 6) is 2.18. The number of allylic oxidation sites excluding steroid dienone is 4. The molecule has 0 aliphatic heterocycles. The van der Waals surface area contributed by atoms with Crippen molar-refractivity contribution in [1.29, 1.82) is 0 Å². The van der Waals surface area contributed by atoms with Crippen LogP contribution in [0.4, 0.5) is 0 Å². The molecule has 0 spiro atoms. The molecule has 156 valence electrons. The molecule has 0 bridgehead atoms. The Morgan fingerprint density at radius 3 is 2.45 bits per heavy atom. The third-order valence-corrected chi connectivity index (χ3v) is 9.68. The molecular weight excluding hydrogens is 352 g/mol. The predicted molar refractivity (Wildman–Crippen MR) is 120 cm³/mol. The molecule has 0 saturated heterocycles. The largest absolute Gasteiger partial charge is 0.385 e. The molecule has 1 nitrogen and oxygen atoms in total. The number of rotatable bonds is 2. The van der Waals surface area contributed by atoms with Gasteiger partial charge >= 0.3 is 0 Å². The van der Waals surface area contributed by atoms with Crippen molar-refractivity contribution in [3.05, 3.63) is 58.7 Å². The second-order valence-corrected chi connectivity index (χ2v) is 11.3. The van der Waals surface area contributed by atoms with Gasteiger partial charge < -0.3 is 5.11 Å². The standard InChI is InChI=1S/C28H38O/c1-19(2)23-12-13-24-22-11-10-21-18-28(29,20-8-6-5-7-9-20)17-16-26(21,3)25(22)14-15-27(23,24)4/h5-9,13,19,21,23,29H,10-12,14-18H2,1-4H3/t21?,23-,26+,27-,28+/m1/s1. The summed E-state index contributed by atoms with van der Waals surface area (Å²) in [4.78, 5) is 0. The zero-order valence-corrected chi connectivity index (χ0v) is 18.8. The highest BCUT2D eigenvalue weighted by atomic mass is 16.3. The topological polar surface area (TPSA) is 20.2 Å². The zero-order chi connectivity index (χ0) is 20.4. The molecule has 1 aromatic carbocycles. The first-order valence-electron chi connectivity index (χ1n) is 12.0. The van der Waals surface area contributed by atoms with Crippen molar-refractivity contribution in [2.45, 2.75) is 84.7 Å². The van der Waals surface area contributed by atoms with Gasteiger partial charge in [0.15, 0.2) is 0 Å². The average molecular weight is 391 g/mol. The van der Waals surface area contributed by atoms with Gasteiger partial charge in [-0.2, -0.15) is 0 Å². The van der Waals surface area contributed by atoms with Crippen LogP contribution in [-0.4, -0.2) is 5.11 Å². The van der Waals surface area contributed by atoms with E-state index in [-0.39, 0.29) is 5.41 Å². The highest BCUT2D eigenvalue weighted by molar-refractivity contribution is 5.49. The molecule has 0 radical (unpaired) electrons. The van der Waals surface area contributed by atoms with E-state index < -0.39 is 5.60 Å². The Morgan fingerprint density at radius 2 is 1.72 bits per heavy atom. The van der Waals surface area contributed by atoms with Gasteiger partial charge in [0.1, 0.15) is 0 Å². The summed E-state index contributed by atoms with van der Waals surface area (Å²) < 4.78 is 0. The molecule has 5 rings (SSSR count). The monoisotopic (exact) mass is 390 g/mol. The minimum Gasteiger partial charge on any atom is -0.385 e. The Bertz CT molecular complexity index is 862. The second kappa shape index (κ2) is 6.58. The van der Waals surface area contributed by atoms with E-state index in [1.807, 2.05) is 0 Å². The Balaban J connectivity index is 1.47. The van der Waals surface area contributed by atoms with Crippen LogP contribution in [0.5, 0.6) is 0 Å². The quantitative estimate of drug-likeness (QED) is 0.567. The summed E-state index contributed by atoms with van der Waals surface area (Å²) in [7, 11) is 0. The van der Waals surface area contributed by atoms with Gasteiger partial charge in [-0.25, -0.2) is 0 Å². The zero-order valence-electron chi connectivity index (χ0n) is 18.8. The van der Waals surface area contributed by atoms with Crippen LogP contribution in [0, 0.1) is 28.6 Å². The maximum Gasteiger partial charge on any atom is 0.0899 e. The van der Waals surface area contributed by atoms with Crippen LogP contribution < -0.4 is 0 Å². The van der Waals surface area contributed by atoms with Gasteiger partial charge in [0, 0.05) is 0 Å². The highest BCUT2D eigenvalue weighted by Gasteiger charge is 2.54. The van der Waals surface area contributed by atoms with Crippen LogP contribution in [-0.2, 0) is 5.60 Å². The van der Waals surface area contributed by atoms with Gasteiger partial charge in [-0.3, -0.25) is 0 Å². The number of aliphatic hydroxyl groups is 1. The lowest BCUT2D eigenvalue weighted by Gasteiger charge is -2.55. The van der Waals surface area contributed by atoms with Crippen molar-refractivity contribution in [1.82, 2.24) is 0 Å². The number of hydrogen-bond donors (Lipinski definition) is 1. The van der Waals surface area contributed by atoms with Crippen LogP contribution in [0.15, 0.2) is 53.1 Å². The summed E-state index contributed by atoms with van der Waals surface area (Å²) in [6.45, 7) is 9.93. The number of benzene rings is 1. The summed E-state index contributed by atoms with van der Waals surface area (Å²) >= 11 is 0. The first-order chi connectivity index (χ1) is 13.8. The van der Waals surface area contributed by atoms with E-state index >= 15 is 0 Å². The highest BCUT2D eigenvalue weighted by Crippen LogP contribution is 2.65. The van der Waals surface area contributed by atoms with Crippen molar-refractivity contribution in [3.8, 4) is 0 Å². The minimum absolute atomic E-state index is 0.284. The van der Waals surface area contributed by atoms with E-state index in [1.165, 1.54) is 32.1 Å². The molecular formula is C28H38O. The van der Waals surface area contributed by atoms with Gasteiger partial charge in [0.2, 0.25) is 0 Å². The molecule has 4 aliphatic rings. The van der Waals surface area contributed by atoms with Crippen LogP contribution in [0.25, 0.3) is 0 Å². The Kier molecular flexibility index (Phi) is 4.45. The summed E-state index contributed by atoms with van der Waals surface area (Å²) in [6.07, 6.45) is 11.9. The van der Waals surface area contributed by atoms with Crippen molar-refractivity contribution in [2.24, 2.45) is 28.6 Å². The molecule has 29 heavy (non-hydrogen) atoms. The van der Waals surface area contributed by atoms with Gasteiger partial charge in [-0.05, 0) is 96.7 Å². The molecule has 0 amide bonds. The smallest absolute Gasteiger partial charge is 0.0899 e. The minimum atomic E-state index is -0.637. The van der Waals surface area contributed by atoms with Gasteiger partial charge in [-0.15, -0.1) is 0 Å². The summed E-state index contributed by atoms with van der Waals surface area (Å²) in [5.41, 5.74) is 6.41. The molecule has 1 N–H and O–H groups in total. The van der Waals surface area contributed by atoms with E-state index in [2.05, 4.69) is 64.1 Å². The summed E-state index contributed by atoms with van der Waals surface area (Å²) in [5, 5.41) is 11.6. The van der Waals surface area contributed by atoms with E-state index in [1.54, 1.807) is 16.7 Å². The lowest BCUT2D eigenvalue weighted by Crippen LogP contribution is -2.47. The molecule has 1 heteroatoms. The SMILES string of the molecule is CC(C)[C@H]1CC=C2C3=C(CC[C@@]21C)[C@@]1(C)CC[C@@](O)(c2ccccc2)CC1CC3. The van der Waals surface area contributed by atoms with Crippen LogP contribution >= 0.6 is 0 Å². The summed E-state index contributed by atoms with van der Waals surface area (Å²) in [6, 6.07) is 10.4. The molecule has 1 fully saturated rings. The number of fused-ring (bicyclic) bond motifs is 4. The van der Waals surface area contributed by atoms with Crippen molar-refractivity contribution in [2.75, 3.05) is 0 Å². The first-order valence-corrected chi connectivity index (χ1v) is 12.0. The maximum absolute atomic E-state index is 11.6. The van der Waals surface area contributed by atoms with E-state index in [0.29, 0.717) is 11.3 Å². The number of hydrogen-bond acceptors (Lipinski definition) is 1. The Morgan fingerprint density at radius 1 is 0.966 bits per heavy atom. The van der Waals surface area contributed by atoms with Gasteiger partial charge in [0.25, 0.3) is 0 Å². The Labute approximate surface area is 177 Å². The Hall–Kier alpha value is -1.34.